The predicted octanol–water partition coefficient (Wildman–Crippen LogP) is 2.14. The molecule has 2 aromatic rings. The maximum absolute atomic E-state index is 13.9. The van der Waals surface area contributed by atoms with Crippen molar-refractivity contribution in [2.75, 3.05) is 4.72 Å². The zero-order valence-electron chi connectivity index (χ0n) is 9.97. The van der Waals surface area contributed by atoms with Gasteiger partial charge < -0.3 is 0 Å². The first-order chi connectivity index (χ1) is 9.45. The largest absolute Gasteiger partial charge is 0.277 e. The third-order valence-electron chi connectivity index (χ3n) is 2.42. The third-order valence-corrected chi connectivity index (χ3v) is 3.78. The van der Waals surface area contributed by atoms with Crippen LogP contribution in [0.3, 0.4) is 0 Å². The molecule has 20 heavy (non-hydrogen) atoms. The van der Waals surface area contributed by atoms with Gasteiger partial charge in [-0.25, -0.2) is 17.2 Å². The maximum Gasteiger partial charge on any atom is 0.263 e. The van der Waals surface area contributed by atoms with Crippen LogP contribution in [0.15, 0.2) is 41.6 Å². The summed E-state index contributed by atoms with van der Waals surface area (Å²) in [5.41, 5.74) is -1.06. The van der Waals surface area contributed by atoms with Gasteiger partial charge in [-0.2, -0.15) is 0 Å². The summed E-state index contributed by atoms with van der Waals surface area (Å²) in [7, 11) is -4.02. The first-order valence-electron chi connectivity index (χ1n) is 5.33. The number of benzene rings is 1. The van der Waals surface area contributed by atoms with E-state index in [0.29, 0.717) is 0 Å². The molecule has 0 saturated heterocycles. The van der Waals surface area contributed by atoms with Crippen molar-refractivity contribution in [3.8, 4) is 12.3 Å². The molecule has 0 unspecified atom stereocenters. The molecule has 1 aromatic heterocycles. The van der Waals surface area contributed by atoms with Gasteiger partial charge in [-0.3, -0.25) is 9.71 Å². The van der Waals surface area contributed by atoms with E-state index >= 15 is 0 Å². The molecule has 0 atom stereocenters. The van der Waals surface area contributed by atoms with Crippen LogP contribution in [-0.2, 0) is 10.0 Å². The SMILES string of the molecule is C#Cc1c(F)ccc(NS(=O)(=O)c2cccnc2)c1F. The fourth-order valence-corrected chi connectivity index (χ4v) is 2.50. The number of rotatable bonds is 3. The van der Waals surface area contributed by atoms with Crippen molar-refractivity contribution >= 4 is 15.7 Å². The van der Waals surface area contributed by atoms with E-state index in [1.807, 2.05) is 10.6 Å². The lowest BCUT2D eigenvalue weighted by Gasteiger charge is -2.09. The summed E-state index contributed by atoms with van der Waals surface area (Å²) in [5, 5.41) is 0. The standard InChI is InChI=1S/C13H8F2N2O2S/c1-2-10-11(14)5-6-12(13(10)15)17-20(18,19)9-4-3-7-16-8-9/h1,3-8,17H. The van der Waals surface area contributed by atoms with Crippen molar-refractivity contribution in [1.29, 1.82) is 0 Å². The number of halogens is 2. The topological polar surface area (TPSA) is 59.1 Å². The number of aromatic nitrogens is 1. The molecule has 0 saturated carbocycles. The quantitative estimate of drug-likeness (QED) is 0.882. The molecule has 0 bridgehead atoms. The second kappa shape index (κ2) is 5.27. The van der Waals surface area contributed by atoms with Gasteiger partial charge in [0.05, 0.1) is 11.3 Å². The van der Waals surface area contributed by atoms with E-state index in [1.54, 1.807) is 0 Å². The number of hydrogen-bond acceptors (Lipinski definition) is 3. The second-order valence-corrected chi connectivity index (χ2v) is 5.40. The van der Waals surface area contributed by atoms with Crippen molar-refractivity contribution < 1.29 is 17.2 Å². The lowest BCUT2D eigenvalue weighted by Crippen LogP contribution is -2.14. The molecular weight excluding hydrogens is 286 g/mol. The molecule has 1 aromatic carbocycles. The van der Waals surface area contributed by atoms with Crippen LogP contribution in [0, 0.1) is 24.0 Å². The Bertz CT molecular complexity index is 784. The fraction of sp³-hybridized carbons (Fsp3) is 0. The molecular formula is C13H8F2N2O2S. The van der Waals surface area contributed by atoms with Gasteiger partial charge in [-0.1, -0.05) is 5.92 Å². The number of terminal acetylenes is 1. The lowest BCUT2D eigenvalue weighted by atomic mass is 10.2. The average molecular weight is 294 g/mol. The Morgan fingerprint density at radius 2 is 2.00 bits per heavy atom. The Kier molecular flexibility index (Phi) is 3.68. The van der Waals surface area contributed by atoms with E-state index < -0.39 is 32.9 Å². The normalized spacial score (nSPS) is 10.8. The van der Waals surface area contributed by atoms with Gasteiger partial charge in [0, 0.05) is 12.4 Å². The molecule has 0 spiro atoms. The number of nitrogens with one attached hydrogen (secondary N) is 1. The van der Waals surface area contributed by atoms with Crippen molar-refractivity contribution in [3.05, 3.63) is 53.9 Å². The van der Waals surface area contributed by atoms with Crippen molar-refractivity contribution in [2.45, 2.75) is 4.90 Å². The van der Waals surface area contributed by atoms with Gasteiger partial charge >= 0.3 is 0 Å². The van der Waals surface area contributed by atoms with E-state index in [-0.39, 0.29) is 4.90 Å². The van der Waals surface area contributed by atoms with Crippen LogP contribution in [0.1, 0.15) is 5.56 Å². The highest BCUT2D eigenvalue weighted by Gasteiger charge is 2.19. The molecule has 7 heteroatoms. The summed E-state index contributed by atoms with van der Waals surface area (Å²) in [5.74, 6) is -0.242. The summed E-state index contributed by atoms with van der Waals surface area (Å²) >= 11 is 0. The Morgan fingerprint density at radius 1 is 1.25 bits per heavy atom. The van der Waals surface area contributed by atoms with Crippen LogP contribution in [0.2, 0.25) is 0 Å². The van der Waals surface area contributed by atoms with Crippen LogP contribution >= 0.6 is 0 Å². The Labute approximate surface area is 114 Å². The molecule has 0 aliphatic rings. The number of nitrogens with zero attached hydrogens (tertiary/aromatic N) is 1. The number of pyridine rings is 1. The van der Waals surface area contributed by atoms with Crippen molar-refractivity contribution in [1.82, 2.24) is 4.98 Å². The molecule has 1 heterocycles. The Balaban J connectivity index is 2.44. The molecule has 0 fully saturated rings. The van der Waals surface area contributed by atoms with Crippen LogP contribution < -0.4 is 4.72 Å². The lowest BCUT2D eigenvalue weighted by molar-refractivity contribution is 0.578. The molecule has 0 amide bonds. The van der Waals surface area contributed by atoms with Gasteiger partial charge in [0.1, 0.15) is 10.7 Å². The van der Waals surface area contributed by atoms with E-state index in [4.69, 9.17) is 6.42 Å². The molecule has 0 aliphatic carbocycles. The Morgan fingerprint density at radius 3 is 2.60 bits per heavy atom. The van der Waals surface area contributed by atoms with Gasteiger partial charge in [0.15, 0.2) is 5.82 Å². The van der Waals surface area contributed by atoms with E-state index in [9.17, 15) is 17.2 Å². The minimum Gasteiger partial charge on any atom is -0.277 e. The minimum absolute atomic E-state index is 0.147. The summed E-state index contributed by atoms with van der Waals surface area (Å²) in [6, 6.07) is 4.56. The summed E-state index contributed by atoms with van der Waals surface area (Å²) in [6.07, 6.45) is 7.48. The van der Waals surface area contributed by atoms with E-state index in [0.717, 1.165) is 18.3 Å². The highest BCUT2D eigenvalue weighted by Crippen LogP contribution is 2.23. The smallest absolute Gasteiger partial charge is 0.263 e. The first-order valence-corrected chi connectivity index (χ1v) is 6.81. The average Bonchev–Trinajstić information content (AvgIpc) is 2.44. The van der Waals surface area contributed by atoms with E-state index in [2.05, 4.69) is 4.98 Å². The van der Waals surface area contributed by atoms with Gasteiger partial charge in [0.2, 0.25) is 0 Å². The zero-order valence-corrected chi connectivity index (χ0v) is 10.8. The molecule has 2 rings (SSSR count). The number of sulfonamides is 1. The molecule has 0 radical (unpaired) electrons. The zero-order chi connectivity index (χ0) is 14.8. The molecule has 102 valence electrons. The molecule has 1 N–H and O–H groups in total. The van der Waals surface area contributed by atoms with Gasteiger partial charge in [-0.15, -0.1) is 6.42 Å². The van der Waals surface area contributed by atoms with Crippen LogP contribution in [0.25, 0.3) is 0 Å². The predicted molar refractivity (Wildman–Crippen MR) is 69.3 cm³/mol. The second-order valence-electron chi connectivity index (χ2n) is 3.72. The number of hydrogen-bond donors (Lipinski definition) is 1. The minimum atomic E-state index is -4.02. The van der Waals surface area contributed by atoms with Gasteiger partial charge in [0.25, 0.3) is 10.0 Å². The monoisotopic (exact) mass is 294 g/mol. The Hall–Kier alpha value is -2.46. The summed E-state index contributed by atoms with van der Waals surface area (Å²) in [6.45, 7) is 0. The van der Waals surface area contributed by atoms with E-state index in [1.165, 1.54) is 18.3 Å². The van der Waals surface area contributed by atoms with Crippen LogP contribution in [0.4, 0.5) is 14.5 Å². The third kappa shape index (κ3) is 2.60. The van der Waals surface area contributed by atoms with Crippen LogP contribution in [0.5, 0.6) is 0 Å². The summed E-state index contributed by atoms with van der Waals surface area (Å²) in [4.78, 5) is 3.51. The summed E-state index contributed by atoms with van der Waals surface area (Å²) < 4.78 is 53.0. The fourth-order valence-electron chi connectivity index (χ4n) is 1.47. The number of anilines is 1. The van der Waals surface area contributed by atoms with Crippen molar-refractivity contribution in [2.24, 2.45) is 0 Å². The van der Waals surface area contributed by atoms with Gasteiger partial charge in [-0.05, 0) is 24.3 Å². The van der Waals surface area contributed by atoms with Crippen molar-refractivity contribution in [3.63, 3.8) is 0 Å². The highest BCUT2D eigenvalue weighted by molar-refractivity contribution is 7.92. The first kappa shape index (κ1) is 14.0. The maximum atomic E-state index is 13.9. The highest BCUT2D eigenvalue weighted by atomic mass is 32.2. The molecule has 0 aliphatic heterocycles. The van der Waals surface area contributed by atoms with Crippen LogP contribution in [-0.4, -0.2) is 13.4 Å². The molecule has 4 nitrogen and oxygen atoms in total.